The number of hydrogen-bond acceptors (Lipinski definition) is 4. The number of para-hydroxylation sites is 1. The Morgan fingerprint density at radius 2 is 1.75 bits per heavy atom. The van der Waals surface area contributed by atoms with Crippen LogP contribution in [0.4, 0.5) is 0 Å². The molecule has 0 bridgehead atoms. The summed E-state index contributed by atoms with van der Waals surface area (Å²) in [6.45, 7) is 4.34. The molecule has 24 heavy (non-hydrogen) atoms. The molecule has 4 nitrogen and oxygen atoms in total. The zero-order chi connectivity index (χ0) is 17.2. The first-order valence-electron chi connectivity index (χ1n) is 7.80. The fourth-order valence-corrected chi connectivity index (χ4v) is 3.98. The number of hydrogen-bond donors (Lipinski definition) is 0. The third-order valence-corrected chi connectivity index (χ3v) is 5.46. The maximum absolute atomic E-state index is 12.7. The lowest BCUT2D eigenvalue weighted by Gasteiger charge is -2.09. The van der Waals surface area contributed by atoms with Crippen LogP contribution in [0.15, 0.2) is 59.5 Å². The summed E-state index contributed by atoms with van der Waals surface area (Å²) in [6, 6.07) is 16.0. The van der Waals surface area contributed by atoms with Gasteiger partial charge in [0.25, 0.3) is 0 Å². The van der Waals surface area contributed by atoms with Crippen LogP contribution < -0.4 is 4.74 Å². The normalized spacial score (nSPS) is 11.6. The van der Waals surface area contributed by atoms with E-state index < -0.39 is 9.84 Å². The molecule has 0 spiro atoms. The van der Waals surface area contributed by atoms with Crippen LogP contribution in [-0.2, 0) is 15.6 Å². The van der Waals surface area contributed by atoms with Gasteiger partial charge in [0.2, 0.25) is 0 Å². The van der Waals surface area contributed by atoms with Gasteiger partial charge in [-0.15, -0.1) is 0 Å². The summed E-state index contributed by atoms with van der Waals surface area (Å²) < 4.78 is 30.8. The van der Waals surface area contributed by atoms with Gasteiger partial charge < -0.3 is 4.74 Å². The fourth-order valence-electron chi connectivity index (χ4n) is 2.62. The van der Waals surface area contributed by atoms with Gasteiger partial charge in [-0.05, 0) is 49.7 Å². The van der Waals surface area contributed by atoms with Crippen molar-refractivity contribution in [3.63, 3.8) is 0 Å². The average Bonchev–Trinajstić information content (AvgIpc) is 2.56. The van der Waals surface area contributed by atoms with Gasteiger partial charge >= 0.3 is 0 Å². The van der Waals surface area contributed by atoms with E-state index in [2.05, 4.69) is 4.98 Å². The topological polar surface area (TPSA) is 56.3 Å². The maximum atomic E-state index is 12.7. The van der Waals surface area contributed by atoms with Crippen molar-refractivity contribution in [1.29, 1.82) is 0 Å². The molecule has 0 saturated heterocycles. The molecule has 0 aliphatic carbocycles. The summed E-state index contributed by atoms with van der Waals surface area (Å²) in [7, 11) is -3.44. The van der Waals surface area contributed by atoms with Crippen molar-refractivity contribution in [2.75, 3.05) is 6.61 Å². The van der Waals surface area contributed by atoms with E-state index in [-0.39, 0.29) is 10.6 Å². The van der Waals surface area contributed by atoms with Crippen LogP contribution in [0.1, 0.15) is 18.2 Å². The lowest BCUT2D eigenvalue weighted by molar-refractivity contribution is 0.340. The van der Waals surface area contributed by atoms with E-state index in [4.69, 9.17) is 4.74 Å². The largest absolute Gasteiger partial charge is 0.494 e. The Labute approximate surface area is 142 Å². The van der Waals surface area contributed by atoms with Crippen molar-refractivity contribution in [3.8, 4) is 5.75 Å². The first kappa shape index (κ1) is 16.5. The van der Waals surface area contributed by atoms with E-state index in [1.165, 1.54) is 0 Å². The third-order valence-electron chi connectivity index (χ3n) is 3.78. The van der Waals surface area contributed by atoms with E-state index in [0.717, 1.165) is 16.6 Å². The average molecular weight is 341 g/mol. The number of sulfone groups is 1. The number of aryl methyl sites for hydroxylation is 1. The van der Waals surface area contributed by atoms with E-state index >= 15 is 0 Å². The molecule has 3 aromatic rings. The van der Waals surface area contributed by atoms with Crippen LogP contribution >= 0.6 is 0 Å². The Kier molecular flexibility index (Phi) is 4.53. The fraction of sp³-hybridized carbons (Fsp3) is 0.211. The summed E-state index contributed by atoms with van der Waals surface area (Å²) in [5.41, 5.74) is 2.32. The standard InChI is InChI=1S/C19H19NO3S/c1-3-23-17-9-11-18(12-10-17)24(21,22)13-16-6-4-5-15-8-7-14(2)20-19(15)16/h4-12H,3,13H2,1-2H3. The monoisotopic (exact) mass is 341 g/mol. The predicted octanol–water partition coefficient (Wildman–Crippen LogP) is 3.92. The first-order chi connectivity index (χ1) is 11.5. The quantitative estimate of drug-likeness (QED) is 0.706. The second-order valence-electron chi connectivity index (χ2n) is 5.60. The van der Waals surface area contributed by atoms with Crippen molar-refractivity contribution < 1.29 is 13.2 Å². The van der Waals surface area contributed by atoms with Crippen molar-refractivity contribution in [2.45, 2.75) is 24.5 Å². The summed E-state index contributed by atoms with van der Waals surface area (Å²) in [5, 5.41) is 0.944. The molecule has 1 heterocycles. The van der Waals surface area contributed by atoms with Gasteiger partial charge in [-0.25, -0.2) is 8.42 Å². The number of benzene rings is 2. The van der Waals surface area contributed by atoms with Gasteiger partial charge in [-0.1, -0.05) is 24.3 Å². The molecular weight excluding hydrogens is 322 g/mol. The maximum Gasteiger partial charge on any atom is 0.182 e. The zero-order valence-electron chi connectivity index (χ0n) is 13.7. The number of nitrogens with zero attached hydrogens (tertiary/aromatic N) is 1. The summed E-state index contributed by atoms with van der Waals surface area (Å²) in [5.74, 6) is 0.591. The minimum atomic E-state index is -3.44. The molecule has 0 atom stereocenters. The predicted molar refractivity (Wildman–Crippen MR) is 95.0 cm³/mol. The third kappa shape index (κ3) is 3.41. The molecule has 0 fully saturated rings. The lowest BCUT2D eigenvalue weighted by atomic mass is 10.1. The highest BCUT2D eigenvalue weighted by molar-refractivity contribution is 7.90. The Balaban J connectivity index is 1.96. The van der Waals surface area contributed by atoms with Crippen LogP contribution in [0, 0.1) is 6.92 Å². The first-order valence-corrected chi connectivity index (χ1v) is 9.46. The molecule has 0 aliphatic rings. The van der Waals surface area contributed by atoms with Crippen LogP contribution in [0.3, 0.4) is 0 Å². The van der Waals surface area contributed by atoms with Crippen molar-refractivity contribution in [3.05, 3.63) is 65.9 Å². The number of rotatable bonds is 5. The summed E-state index contributed by atoms with van der Waals surface area (Å²) >= 11 is 0. The van der Waals surface area contributed by atoms with Crippen molar-refractivity contribution in [1.82, 2.24) is 4.98 Å². The molecule has 0 saturated carbocycles. The van der Waals surface area contributed by atoms with Crippen LogP contribution in [-0.4, -0.2) is 20.0 Å². The number of pyridine rings is 1. The second kappa shape index (κ2) is 6.61. The van der Waals surface area contributed by atoms with Crippen molar-refractivity contribution >= 4 is 20.7 Å². The molecule has 0 N–H and O–H groups in total. The van der Waals surface area contributed by atoms with Gasteiger partial charge in [0.1, 0.15) is 5.75 Å². The van der Waals surface area contributed by atoms with Crippen LogP contribution in [0.2, 0.25) is 0 Å². The van der Waals surface area contributed by atoms with Gasteiger partial charge in [0.15, 0.2) is 9.84 Å². The number of ether oxygens (including phenoxy) is 1. The minimum absolute atomic E-state index is 0.0746. The Morgan fingerprint density at radius 1 is 1.00 bits per heavy atom. The molecular formula is C19H19NO3S. The second-order valence-corrected chi connectivity index (χ2v) is 7.59. The van der Waals surface area contributed by atoms with Crippen LogP contribution in [0.25, 0.3) is 10.9 Å². The van der Waals surface area contributed by atoms with Crippen LogP contribution in [0.5, 0.6) is 5.75 Å². The Bertz CT molecular complexity index is 964. The van der Waals surface area contributed by atoms with E-state index in [1.807, 2.05) is 44.2 Å². The summed E-state index contributed by atoms with van der Waals surface area (Å²) in [6.07, 6.45) is 0. The van der Waals surface area contributed by atoms with E-state index in [9.17, 15) is 8.42 Å². The van der Waals surface area contributed by atoms with Gasteiger partial charge in [0, 0.05) is 11.1 Å². The molecule has 0 aliphatic heterocycles. The molecule has 1 aromatic heterocycles. The molecule has 3 rings (SSSR count). The molecule has 124 valence electrons. The molecule has 2 aromatic carbocycles. The Morgan fingerprint density at radius 3 is 2.46 bits per heavy atom. The highest BCUT2D eigenvalue weighted by Crippen LogP contribution is 2.24. The number of aromatic nitrogens is 1. The van der Waals surface area contributed by atoms with E-state index in [0.29, 0.717) is 17.9 Å². The highest BCUT2D eigenvalue weighted by atomic mass is 32.2. The summed E-state index contributed by atoms with van der Waals surface area (Å²) in [4.78, 5) is 4.80. The zero-order valence-corrected chi connectivity index (χ0v) is 14.5. The smallest absolute Gasteiger partial charge is 0.182 e. The highest BCUT2D eigenvalue weighted by Gasteiger charge is 2.17. The van der Waals surface area contributed by atoms with Gasteiger partial charge in [-0.3, -0.25) is 4.98 Å². The SMILES string of the molecule is CCOc1ccc(S(=O)(=O)Cc2cccc3ccc(C)nc23)cc1. The Hall–Kier alpha value is -2.40. The molecule has 0 amide bonds. The minimum Gasteiger partial charge on any atom is -0.494 e. The van der Waals surface area contributed by atoms with Crippen molar-refractivity contribution in [2.24, 2.45) is 0 Å². The van der Waals surface area contributed by atoms with Gasteiger partial charge in [0.05, 0.1) is 22.8 Å². The lowest BCUT2D eigenvalue weighted by Crippen LogP contribution is -2.06. The van der Waals surface area contributed by atoms with Gasteiger partial charge in [-0.2, -0.15) is 0 Å². The molecule has 0 unspecified atom stereocenters. The molecule has 0 radical (unpaired) electrons. The van der Waals surface area contributed by atoms with E-state index in [1.54, 1.807) is 24.3 Å². The number of fused-ring (bicyclic) bond motifs is 1. The molecule has 5 heteroatoms.